The fraction of sp³-hybridized carbons (Fsp3) is 0.611. The minimum Gasteiger partial charge on any atom is -0.493 e. The number of rotatable bonds is 5. The molecule has 1 N–H and O–H groups in total. The summed E-state index contributed by atoms with van der Waals surface area (Å²) in [6.07, 6.45) is 3.27. The zero-order chi connectivity index (χ0) is 16.4. The fourth-order valence-corrected chi connectivity index (χ4v) is 3.82. The van der Waals surface area contributed by atoms with Gasteiger partial charge in [0.05, 0.1) is 14.2 Å². The van der Waals surface area contributed by atoms with Crippen LogP contribution in [0.1, 0.15) is 26.2 Å². The van der Waals surface area contributed by atoms with Gasteiger partial charge in [0.2, 0.25) is 5.91 Å². The summed E-state index contributed by atoms with van der Waals surface area (Å²) < 4.78 is 10.6. The van der Waals surface area contributed by atoms with E-state index < -0.39 is 0 Å². The maximum atomic E-state index is 13.0. The van der Waals surface area contributed by atoms with Crippen molar-refractivity contribution in [1.82, 2.24) is 5.32 Å². The summed E-state index contributed by atoms with van der Waals surface area (Å²) in [6, 6.07) is 5.68. The molecule has 0 bridgehead atoms. The van der Waals surface area contributed by atoms with Gasteiger partial charge in [-0.25, -0.2) is 0 Å². The van der Waals surface area contributed by atoms with E-state index >= 15 is 0 Å². The predicted octanol–water partition coefficient (Wildman–Crippen LogP) is 2.87. The maximum Gasteiger partial charge on any atom is 0.230 e. The predicted molar refractivity (Wildman–Crippen MR) is 97.5 cm³/mol. The number of hydrogen-bond donors (Lipinski definition) is 1. The third kappa shape index (κ3) is 3.33. The SMILES string of the molecule is CCN(C(=O)C1CC12CCNCC2)c1ccc(OC)c(OC)c1.Cl. The molecule has 1 atom stereocenters. The summed E-state index contributed by atoms with van der Waals surface area (Å²) in [6.45, 7) is 4.75. The Labute approximate surface area is 150 Å². The van der Waals surface area contributed by atoms with Crippen molar-refractivity contribution < 1.29 is 14.3 Å². The number of nitrogens with zero attached hydrogens (tertiary/aromatic N) is 1. The number of piperidine rings is 1. The lowest BCUT2D eigenvalue weighted by molar-refractivity contribution is -0.120. The first kappa shape index (κ1) is 18.9. The number of halogens is 1. The van der Waals surface area contributed by atoms with E-state index in [0.29, 0.717) is 18.0 Å². The Bertz CT molecular complexity index is 588. The van der Waals surface area contributed by atoms with E-state index in [0.717, 1.165) is 38.0 Å². The normalized spacial score (nSPS) is 20.9. The molecule has 1 saturated heterocycles. The van der Waals surface area contributed by atoms with E-state index in [4.69, 9.17) is 9.47 Å². The number of ether oxygens (including phenoxy) is 2. The zero-order valence-electron chi connectivity index (χ0n) is 14.6. The molecule has 0 aromatic heterocycles. The summed E-state index contributed by atoms with van der Waals surface area (Å²) in [7, 11) is 3.23. The third-order valence-electron chi connectivity index (χ3n) is 5.35. The molecule has 1 aliphatic heterocycles. The number of anilines is 1. The quantitative estimate of drug-likeness (QED) is 0.883. The van der Waals surface area contributed by atoms with E-state index in [1.165, 1.54) is 0 Å². The van der Waals surface area contributed by atoms with Crippen LogP contribution in [0, 0.1) is 11.3 Å². The van der Waals surface area contributed by atoms with Crippen molar-refractivity contribution in [3.63, 3.8) is 0 Å². The Morgan fingerprint density at radius 1 is 1.25 bits per heavy atom. The van der Waals surface area contributed by atoms with Gasteiger partial charge in [-0.3, -0.25) is 4.79 Å². The van der Waals surface area contributed by atoms with Gasteiger partial charge in [-0.1, -0.05) is 0 Å². The molecular formula is C18H27ClN2O3. The van der Waals surface area contributed by atoms with E-state index in [-0.39, 0.29) is 29.6 Å². The molecule has 1 heterocycles. The molecule has 0 radical (unpaired) electrons. The van der Waals surface area contributed by atoms with Gasteiger partial charge in [0.15, 0.2) is 11.5 Å². The lowest BCUT2D eigenvalue weighted by atomic mass is 9.91. The molecule has 3 rings (SSSR count). The van der Waals surface area contributed by atoms with E-state index in [9.17, 15) is 4.79 Å². The molecule has 1 aromatic carbocycles. The van der Waals surface area contributed by atoms with Crippen LogP contribution in [0.2, 0.25) is 0 Å². The van der Waals surface area contributed by atoms with Gasteiger partial charge < -0.3 is 19.7 Å². The zero-order valence-corrected chi connectivity index (χ0v) is 15.4. The average Bonchev–Trinajstić information content (AvgIpc) is 3.28. The fourth-order valence-electron chi connectivity index (χ4n) is 3.82. The number of methoxy groups -OCH3 is 2. The minimum absolute atomic E-state index is 0. The maximum absolute atomic E-state index is 13.0. The van der Waals surface area contributed by atoms with Crippen LogP contribution >= 0.6 is 12.4 Å². The molecule has 134 valence electrons. The van der Waals surface area contributed by atoms with Gasteiger partial charge in [0.1, 0.15) is 0 Å². The molecule has 5 nitrogen and oxygen atoms in total. The highest BCUT2D eigenvalue weighted by Gasteiger charge is 2.58. The van der Waals surface area contributed by atoms with Crippen LogP contribution in [0.5, 0.6) is 11.5 Å². The molecule has 2 aliphatic rings. The van der Waals surface area contributed by atoms with Crippen molar-refractivity contribution in [1.29, 1.82) is 0 Å². The highest BCUT2D eigenvalue weighted by Crippen LogP contribution is 2.59. The lowest BCUT2D eigenvalue weighted by Crippen LogP contribution is -2.36. The first-order chi connectivity index (χ1) is 11.1. The van der Waals surface area contributed by atoms with Crippen LogP contribution in [-0.2, 0) is 4.79 Å². The summed E-state index contributed by atoms with van der Waals surface area (Å²) in [5, 5.41) is 3.39. The van der Waals surface area contributed by atoms with E-state index in [2.05, 4.69) is 5.32 Å². The van der Waals surface area contributed by atoms with Crippen molar-refractivity contribution in [2.75, 3.05) is 38.8 Å². The molecule has 2 fully saturated rings. The van der Waals surface area contributed by atoms with Crippen molar-refractivity contribution in [3.05, 3.63) is 18.2 Å². The van der Waals surface area contributed by atoms with Crippen molar-refractivity contribution in [2.24, 2.45) is 11.3 Å². The molecular weight excluding hydrogens is 328 g/mol. The number of amides is 1. The number of benzene rings is 1. The van der Waals surface area contributed by atoms with E-state index in [1.807, 2.05) is 30.0 Å². The first-order valence-corrected chi connectivity index (χ1v) is 8.39. The van der Waals surface area contributed by atoms with Gasteiger partial charge in [-0.05, 0) is 56.8 Å². The Morgan fingerprint density at radius 2 is 1.92 bits per heavy atom. The summed E-state index contributed by atoms with van der Waals surface area (Å²) in [4.78, 5) is 14.9. The van der Waals surface area contributed by atoms with Gasteiger partial charge in [-0.2, -0.15) is 0 Å². The highest BCUT2D eigenvalue weighted by atomic mass is 35.5. The molecule has 1 amide bonds. The van der Waals surface area contributed by atoms with Crippen LogP contribution in [0.3, 0.4) is 0 Å². The monoisotopic (exact) mass is 354 g/mol. The molecule has 24 heavy (non-hydrogen) atoms. The van der Waals surface area contributed by atoms with Crippen LogP contribution in [0.25, 0.3) is 0 Å². The summed E-state index contributed by atoms with van der Waals surface area (Å²) in [5.74, 6) is 1.77. The number of hydrogen-bond acceptors (Lipinski definition) is 4. The van der Waals surface area contributed by atoms with E-state index in [1.54, 1.807) is 14.2 Å². The van der Waals surface area contributed by atoms with Gasteiger partial charge in [-0.15, -0.1) is 12.4 Å². The molecule has 1 aliphatic carbocycles. The summed E-state index contributed by atoms with van der Waals surface area (Å²) >= 11 is 0. The molecule has 1 unspecified atom stereocenters. The molecule has 6 heteroatoms. The lowest BCUT2D eigenvalue weighted by Gasteiger charge is -2.27. The van der Waals surface area contributed by atoms with Crippen LogP contribution in [-0.4, -0.2) is 39.8 Å². The second kappa shape index (κ2) is 7.62. The van der Waals surface area contributed by atoms with Crippen LogP contribution in [0.4, 0.5) is 5.69 Å². The van der Waals surface area contributed by atoms with Gasteiger partial charge >= 0.3 is 0 Å². The molecule has 1 spiro atoms. The Balaban J connectivity index is 0.00000208. The van der Waals surface area contributed by atoms with Crippen molar-refractivity contribution in [3.8, 4) is 11.5 Å². The Kier molecular flexibility index (Phi) is 5.99. The Hall–Kier alpha value is -1.46. The van der Waals surface area contributed by atoms with Crippen molar-refractivity contribution in [2.45, 2.75) is 26.2 Å². The van der Waals surface area contributed by atoms with Crippen LogP contribution < -0.4 is 19.7 Å². The largest absolute Gasteiger partial charge is 0.493 e. The second-order valence-electron chi connectivity index (χ2n) is 6.49. The molecule has 1 saturated carbocycles. The average molecular weight is 355 g/mol. The summed E-state index contributed by atoms with van der Waals surface area (Å²) in [5.41, 5.74) is 1.14. The number of nitrogens with one attached hydrogen (secondary N) is 1. The number of carbonyl (C=O) groups is 1. The van der Waals surface area contributed by atoms with Crippen LogP contribution in [0.15, 0.2) is 18.2 Å². The molecule has 1 aromatic rings. The van der Waals surface area contributed by atoms with Gasteiger partial charge in [0.25, 0.3) is 0 Å². The first-order valence-electron chi connectivity index (χ1n) is 8.39. The number of carbonyl (C=O) groups excluding carboxylic acids is 1. The Morgan fingerprint density at radius 3 is 2.50 bits per heavy atom. The third-order valence-corrected chi connectivity index (χ3v) is 5.35. The highest BCUT2D eigenvalue weighted by molar-refractivity contribution is 5.97. The smallest absolute Gasteiger partial charge is 0.230 e. The van der Waals surface area contributed by atoms with Gasteiger partial charge in [0, 0.05) is 24.2 Å². The standard InChI is InChI=1S/C18H26N2O3.ClH/c1-4-20(13-5-6-15(22-2)16(11-13)23-3)17(21)14-12-18(14)7-9-19-10-8-18;/h5-6,11,14,19H,4,7-10,12H2,1-3H3;1H. The minimum atomic E-state index is 0. The topological polar surface area (TPSA) is 50.8 Å². The van der Waals surface area contributed by atoms with Crippen molar-refractivity contribution >= 4 is 24.0 Å². The second-order valence-corrected chi connectivity index (χ2v) is 6.49.